The van der Waals surface area contributed by atoms with Crippen LogP contribution in [0.15, 0.2) is 18.2 Å². The number of nitrogens with one attached hydrogen (secondary N) is 2. The smallest absolute Gasteiger partial charge is 0.255 e. The van der Waals surface area contributed by atoms with Crippen molar-refractivity contribution in [1.29, 1.82) is 0 Å². The average molecular weight is 467 g/mol. The molecule has 1 aromatic rings. The molecule has 34 heavy (non-hydrogen) atoms. The summed E-state index contributed by atoms with van der Waals surface area (Å²) < 4.78 is 0. The average Bonchev–Trinajstić information content (AvgIpc) is 3.07. The largest absolute Gasteiger partial charge is 0.322 e. The number of benzene rings is 1. The predicted octanol–water partition coefficient (Wildman–Crippen LogP) is 2.94. The molecule has 0 saturated carbocycles. The SMILES string of the molecule is CC1(C)CC(N2CCC(c3ccc4c(c3)CN(C3CCC(=O)NC3=O)C4=O)CC2)CC(C)(C)N1. The van der Waals surface area contributed by atoms with E-state index in [1.54, 1.807) is 4.90 Å². The monoisotopic (exact) mass is 466 g/mol. The van der Waals surface area contributed by atoms with Gasteiger partial charge in [0.2, 0.25) is 11.8 Å². The van der Waals surface area contributed by atoms with Crippen LogP contribution in [0.5, 0.6) is 0 Å². The highest BCUT2D eigenvalue weighted by Crippen LogP contribution is 2.37. The Morgan fingerprint density at radius 3 is 2.26 bits per heavy atom. The summed E-state index contributed by atoms with van der Waals surface area (Å²) in [6.07, 6.45) is 5.31. The van der Waals surface area contributed by atoms with E-state index in [4.69, 9.17) is 0 Å². The highest BCUT2D eigenvalue weighted by Gasteiger charge is 2.41. The highest BCUT2D eigenvalue weighted by molar-refractivity contribution is 6.05. The molecule has 0 radical (unpaired) electrons. The van der Waals surface area contributed by atoms with Crippen LogP contribution in [0.1, 0.15) is 93.6 Å². The molecule has 3 saturated heterocycles. The molecule has 3 fully saturated rings. The summed E-state index contributed by atoms with van der Waals surface area (Å²) in [5, 5.41) is 6.17. The molecule has 2 N–H and O–H groups in total. The Morgan fingerprint density at radius 2 is 1.62 bits per heavy atom. The fourth-order valence-corrected chi connectivity index (χ4v) is 6.97. The number of piperidine rings is 3. The fourth-order valence-electron chi connectivity index (χ4n) is 6.97. The van der Waals surface area contributed by atoms with Crippen molar-refractivity contribution in [3.8, 4) is 0 Å². The first-order valence-corrected chi connectivity index (χ1v) is 12.8. The molecule has 0 aliphatic carbocycles. The number of carbonyl (C=O) groups excluding carboxylic acids is 3. The summed E-state index contributed by atoms with van der Waals surface area (Å²) in [7, 11) is 0. The molecule has 7 heteroatoms. The number of fused-ring (bicyclic) bond motifs is 1. The van der Waals surface area contributed by atoms with Crippen LogP contribution in [-0.2, 0) is 16.1 Å². The Bertz CT molecular complexity index is 993. The van der Waals surface area contributed by atoms with Crippen LogP contribution in [0.2, 0.25) is 0 Å². The van der Waals surface area contributed by atoms with Gasteiger partial charge in [0.05, 0.1) is 0 Å². The molecule has 184 valence electrons. The van der Waals surface area contributed by atoms with Crippen molar-refractivity contribution in [2.24, 2.45) is 0 Å². The zero-order chi connectivity index (χ0) is 24.3. The van der Waals surface area contributed by atoms with Crippen molar-refractivity contribution in [2.45, 2.75) is 102 Å². The van der Waals surface area contributed by atoms with E-state index < -0.39 is 6.04 Å². The van der Waals surface area contributed by atoms with Gasteiger partial charge in [0.15, 0.2) is 0 Å². The van der Waals surface area contributed by atoms with Crippen LogP contribution in [0.3, 0.4) is 0 Å². The number of hydrogen-bond acceptors (Lipinski definition) is 5. The molecule has 1 aromatic carbocycles. The summed E-state index contributed by atoms with van der Waals surface area (Å²) >= 11 is 0. The summed E-state index contributed by atoms with van der Waals surface area (Å²) in [5.41, 5.74) is 3.33. The lowest BCUT2D eigenvalue weighted by Gasteiger charge is -2.51. The Kier molecular flexibility index (Phi) is 5.84. The zero-order valence-electron chi connectivity index (χ0n) is 20.9. The lowest BCUT2D eigenvalue weighted by atomic mass is 9.78. The standard InChI is InChI=1S/C27H38N4O3/c1-26(2)14-20(15-27(3,4)29-26)30-11-9-17(10-12-30)18-5-6-21-19(13-18)16-31(25(21)34)22-7-8-23(32)28-24(22)33/h5-6,13,17,20,22,29H,7-12,14-16H2,1-4H3,(H,28,32,33). The maximum absolute atomic E-state index is 13.0. The molecule has 7 nitrogen and oxygen atoms in total. The number of rotatable bonds is 3. The lowest BCUT2D eigenvalue weighted by molar-refractivity contribution is -0.136. The van der Waals surface area contributed by atoms with E-state index in [9.17, 15) is 14.4 Å². The molecule has 0 aromatic heterocycles. The third-order valence-corrected chi connectivity index (χ3v) is 8.23. The molecule has 4 aliphatic rings. The van der Waals surface area contributed by atoms with E-state index in [-0.39, 0.29) is 35.2 Å². The van der Waals surface area contributed by atoms with Gasteiger partial charge in [-0.2, -0.15) is 0 Å². The Hall–Kier alpha value is -2.25. The summed E-state index contributed by atoms with van der Waals surface area (Å²) in [5.74, 6) is -0.198. The van der Waals surface area contributed by atoms with E-state index in [0.717, 1.165) is 31.5 Å². The van der Waals surface area contributed by atoms with Crippen molar-refractivity contribution in [3.63, 3.8) is 0 Å². The first-order chi connectivity index (χ1) is 16.0. The van der Waals surface area contributed by atoms with Crippen LogP contribution in [0, 0.1) is 0 Å². The summed E-state index contributed by atoms with van der Waals surface area (Å²) in [6.45, 7) is 11.9. The van der Waals surface area contributed by atoms with Crippen molar-refractivity contribution < 1.29 is 14.4 Å². The number of nitrogens with zero attached hydrogens (tertiary/aromatic N) is 2. The van der Waals surface area contributed by atoms with Crippen LogP contribution in [0.25, 0.3) is 0 Å². The maximum Gasteiger partial charge on any atom is 0.255 e. The molecule has 0 bridgehead atoms. The number of hydrogen-bond donors (Lipinski definition) is 2. The molecule has 3 amide bonds. The predicted molar refractivity (Wildman–Crippen MR) is 130 cm³/mol. The molecular formula is C27H38N4O3. The van der Waals surface area contributed by atoms with E-state index in [0.29, 0.717) is 30.5 Å². The number of likely N-dealkylation sites (tertiary alicyclic amines) is 1. The Balaban J connectivity index is 1.23. The lowest BCUT2D eigenvalue weighted by Crippen LogP contribution is -2.62. The quantitative estimate of drug-likeness (QED) is 0.670. The van der Waals surface area contributed by atoms with Gasteiger partial charge in [0.1, 0.15) is 6.04 Å². The first-order valence-electron chi connectivity index (χ1n) is 12.8. The summed E-state index contributed by atoms with van der Waals surface area (Å²) in [4.78, 5) is 41.1. The van der Waals surface area contributed by atoms with Gasteiger partial charge in [-0.1, -0.05) is 12.1 Å². The minimum atomic E-state index is -0.553. The summed E-state index contributed by atoms with van der Waals surface area (Å²) in [6, 6.07) is 6.32. The molecule has 1 atom stereocenters. The van der Waals surface area contributed by atoms with E-state index in [2.05, 4.69) is 55.4 Å². The van der Waals surface area contributed by atoms with Gasteiger partial charge in [0, 0.05) is 35.6 Å². The van der Waals surface area contributed by atoms with Crippen molar-refractivity contribution in [2.75, 3.05) is 13.1 Å². The van der Waals surface area contributed by atoms with Crippen LogP contribution >= 0.6 is 0 Å². The van der Waals surface area contributed by atoms with Gasteiger partial charge in [-0.3, -0.25) is 19.7 Å². The second-order valence-electron chi connectivity index (χ2n) is 12.1. The second kappa shape index (κ2) is 8.45. The minimum absolute atomic E-state index is 0.0954. The molecule has 1 unspecified atom stereocenters. The normalized spacial score (nSPS) is 28.2. The molecule has 4 aliphatic heterocycles. The molecular weight excluding hydrogens is 428 g/mol. The second-order valence-corrected chi connectivity index (χ2v) is 12.1. The molecule has 5 rings (SSSR count). The van der Waals surface area contributed by atoms with E-state index >= 15 is 0 Å². The fraction of sp³-hybridized carbons (Fsp3) is 0.667. The number of imide groups is 1. The molecule has 4 heterocycles. The zero-order valence-corrected chi connectivity index (χ0v) is 20.9. The topological polar surface area (TPSA) is 81.8 Å². The third-order valence-electron chi connectivity index (χ3n) is 8.23. The first kappa shape index (κ1) is 23.5. The minimum Gasteiger partial charge on any atom is -0.322 e. The van der Waals surface area contributed by atoms with Crippen molar-refractivity contribution >= 4 is 17.7 Å². The Labute approximate surface area is 202 Å². The molecule has 0 spiro atoms. The third kappa shape index (κ3) is 4.52. The van der Waals surface area contributed by atoms with Crippen LogP contribution in [0.4, 0.5) is 0 Å². The Morgan fingerprint density at radius 1 is 0.941 bits per heavy atom. The van der Waals surface area contributed by atoms with Gasteiger partial charge in [0.25, 0.3) is 5.91 Å². The number of amides is 3. The van der Waals surface area contributed by atoms with E-state index in [1.807, 2.05) is 6.07 Å². The maximum atomic E-state index is 13.0. The number of carbonyl (C=O) groups is 3. The van der Waals surface area contributed by atoms with Gasteiger partial charge in [-0.25, -0.2) is 0 Å². The van der Waals surface area contributed by atoms with Gasteiger partial charge >= 0.3 is 0 Å². The van der Waals surface area contributed by atoms with E-state index in [1.165, 1.54) is 18.4 Å². The van der Waals surface area contributed by atoms with Crippen LogP contribution in [-0.4, -0.2) is 63.8 Å². The van der Waals surface area contributed by atoms with Gasteiger partial charge in [-0.15, -0.1) is 0 Å². The van der Waals surface area contributed by atoms with Gasteiger partial charge < -0.3 is 15.1 Å². The van der Waals surface area contributed by atoms with Gasteiger partial charge in [-0.05, 0) is 96.0 Å². The van der Waals surface area contributed by atoms with Crippen molar-refractivity contribution in [3.05, 3.63) is 34.9 Å². The highest BCUT2D eigenvalue weighted by atomic mass is 16.2. The van der Waals surface area contributed by atoms with Crippen molar-refractivity contribution in [1.82, 2.24) is 20.4 Å². The van der Waals surface area contributed by atoms with Crippen LogP contribution < -0.4 is 10.6 Å².